The van der Waals surface area contributed by atoms with Gasteiger partial charge in [0.1, 0.15) is 0 Å². The summed E-state index contributed by atoms with van der Waals surface area (Å²) in [6.07, 6.45) is 2.02. The monoisotopic (exact) mass is 301 g/mol. The van der Waals surface area contributed by atoms with Gasteiger partial charge in [-0.2, -0.15) is 7.05 Å². The van der Waals surface area contributed by atoms with Crippen molar-refractivity contribution in [2.24, 2.45) is 0 Å². The summed E-state index contributed by atoms with van der Waals surface area (Å²) >= 11 is 0. The number of urea groups is 1. The molecule has 0 unspecified atom stereocenters. The van der Waals surface area contributed by atoms with Gasteiger partial charge < -0.3 is 15.1 Å². The second-order valence-corrected chi connectivity index (χ2v) is 4.46. The van der Waals surface area contributed by atoms with E-state index in [1.807, 2.05) is 32.8 Å². The minimum absolute atomic E-state index is 0. The zero-order valence-corrected chi connectivity index (χ0v) is 13.6. The van der Waals surface area contributed by atoms with Gasteiger partial charge >= 0.3 is 6.03 Å². The Balaban J connectivity index is 0.00000225. The zero-order valence-electron chi connectivity index (χ0n) is 10.8. The van der Waals surface area contributed by atoms with Crippen LogP contribution in [0.3, 0.4) is 0 Å². The number of likely N-dealkylation sites (tertiary alicyclic amines) is 1. The number of rotatable bonds is 2. The van der Waals surface area contributed by atoms with Gasteiger partial charge in [0.2, 0.25) is 0 Å². The second-order valence-electron chi connectivity index (χ2n) is 4.46. The van der Waals surface area contributed by atoms with E-state index in [1.54, 1.807) is 4.90 Å². The Morgan fingerprint density at radius 2 is 1.88 bits per heavy atom. The van der Waals surface area contributed by atoms with E-state index in [0.29, 0.717) is 6.04 Å². The fourth-order valence-electron chi connectivity index (χ4n) is 1.76. The van der Waals surface area contributed by atoms with Crippen LogP contribution in [0, 0.1) is 0 Å². The van der Waals surface area contributed by atoms with Crippen molar-refractivity contribution in [1.82, 2.24) is 9.80 Å². The summed E-state index contributed by atoms with van der Waals surface area (Å²) in [5.74, 6) is 0. The van der Waals surface area contributed by atoms with Gasteiger partial charge in [0.15, 0.2) is 0 Å². The Morgan fingerprint density at radius 1 is 1.38 bits per heavy atom. The maximum atomic E-state index is 12.0. The van der Waals surface area contributed by atoms with Crippen LogP contribution in [-0.4, -0.2) is 55.1 Å². The minimum atomic E-state index is 0. The topological polar surface area (TPSA) is 37.7 Å². The van der Waals surface area contributed by atoms with Crippen molar-refractivity contribution in [2.45, 2.75) is 38.8 Å². The Labute approximate surface area is 124 Å². The number of piperidine rings is 1. The van der Waals surface area contributed by atoms with Crippen LogP contribution in [0.15, 0.2) is 0 Å². The average Bonchev–Trinajstić information content (AvgIpc) is 2.27. The van der Waals surface area contributed by atoms with E-state index in [4.69, 9.17) is 0 Å². The third-order valence-electron chi connectivity index (χ3n) is 3.18. The fraction of sp³-hybridized carbons (Fsp3) is 0.909. The summed E-state index contributed by atoms with van der Waals surface area (Å²) in [4.78, 5) is 15.7. The first-order valence-electron chi connectivity index (χ1n) is 5.67. The number of hydrogen-bond acceptors (Lipinski definition) is 1. The molecule has 0 aromatic carbocycles. The third kappa shape index (κ3) is 4.30. The molecule has 91 valence electrons. The zero-order chi connectivity index (χ0) is 11.4. The first-order valence-corrected chi connectivity index (χ1v) is 5.67. The van der Waals surface area contributed by atoms with Gasteiger partial charge in [-0.15, -0.1) is 6.04 Å². The standard InChI is InChI=1S/C11H22N3O.Y/c1-9(2)13(4)11(15)14-7-5-10(12-3)6-8-14;/h9-10H,5-8H2,1-4H3;/q-1;. The molecule has 1 aliphatic rings. The molecule has 2 amide bonds. The molecular weight excluding hydrogens is 279 g/mol. The van der Waals surface area contributed by atoms with E-state index in [1.165, 1.54) is 0 Å². The van der Waals surface area contributed by atoms with Gasteiger partial charge in [0, 0.05) is 58.9 Å². The Morgan fingerprint density at radius 3 is 2.25 bits per heavy atom. The smallest absolute Gasteiger partial charge is 0.319 e. The van der Waals surface area contributed by atoms with Gasteiger partial charge in [-0.3, -0.25) is 0 Å². The number of amides is 2. The predicted octanol–water partition coefficient (Wildman–Crippen LogP) is 1.91. The molecule has 1 aliphatic heterocycles. The summed E-state index contributed by atoms with van der Waals surface area (Å²) < 4.78 is 0. The number of hydrogen-bond donors (Lipinski definition) is 0. The van der Waals surface area contributed by atoms with Crippen LogP contribution in [0.1, 0.15) is 26.7 Å². The molecular formula is C11H22N3OY-. The molecule has 0 N–H and O–H groups in total. The second kappa shape index (κ2) is 7.62. The fourth-order valence-corrected chi connectivity index (χ4v) is 1.76. The number of nitrogens with zero attached hydrogens (tertiary/aromatic N) is 3. The normalized spacial score (nSPS) is 17.2. The van der Waals surface area contributed by atoms with Crippen LogP contribution < -0.4 is 0 Å². The molecule has 0 atom stereocenters. The van der Waals surface area contributed by atoms with E-state index in [-0.39, 0.29) is 44.8 Å². The van der Waals surface area contributed by atoms with Crippen molar-refractivity contribution in [3.05, 3.63) is 5.32 Å². The van der Waals surface area contributed by atoms with Crippen molar-refractivity contribution in [3.8, 4) is 0 Å². The Bertz CT molecular complexity index is 215. The first-order chi connectivity index (χ1) is 7.06. The molecule has 1 saturated heterocycles. The van der Waals surface area contributed by atoms with Crippen molar-refractivity contribution in [3.63, 3.8) is 0 Å². The molecule has 1 rings (SSSR count). The van der Waals surface area contributed by atoms with E-state index < -0.39 is 0 Å². The van der Waals surface area contributed by atoms with Crippen molar-refractivity contribution in [2.75, 3.05) is 27.2 Å². The Kier molecular flexibility index (Phi) is 7.78. The summed E-state index contributed by atoms with van der Waals surface area (Å²) in [6, 6.07) is 0.879. The largest absolute Gasteiger partial charge is 0.662 e. The maximum Gasteiger partial charge on any atom is 0.319 e. The molecule has 1 radical (unpaired) electrons. The van der Waals surface area contributed by atoms with Crippen LogP contribution >= 0.6 is 0 Å². The van der Waals surface area contributed by atoms with E-state index >= 15 is 0 Å². The molecule has 0 spiro atoms. The van der Waals surface area contributed by atoms with Crippen LogP contribution in [0.4, 0.5) is 4.79 Å². The molecule has 1 heterocycles. The van der Waals surface area contributed by atoms with Gasteiger partial charge in [0.25, 0.3) is 0 Å². The van der Waals surface area contributed by atoms with Crippen molar-refractivity contribution >= 4 is 6.03 Å². The first kappa shape index (κ1) is 16.3. The summed E-state index contributed by atoms with van der Waals surface area (Å²) in [5, 5.41) is 4.27. The molecule has 5 heteroatoms. The van der Waals surface area contributed by atoms with Crippen molar-refractivity contribution in [1.29, 1.82) is 0 Å². The Hall–Kier alpha value is 0.334. The van der Waals surface area contributed by atoms with E-state index in [2.05, 4.69) is 5.32 Å². The van der Waals surface area contributed by atoms with Crippen LogP contribution in [0.5, 0.6) is 0 Å². The van der Waals surface area contributed by atoms with Gasteiger partial charge in [-0.25, -0.2) is 4.79 Å². The minimum Gasteiger partial charge on any atom is -0.662 e. The molecule has 1 fully saturated rings. The molecule has 0 aromatic heterocycles. The van der Waals surface area contributed by atoms with Gasteiger partial charge in [-0.05, 0) is 13.8 Å². The molecule has 4 nitrogen and oxygen atoms in total. The summed E-state index contributed by atoms with van der Waals surface area (Å²) in [7, 11) is 3.73. The molecule has 16 heavy (non-hydrogen) atoms. The molecule has 0 saturated carbocycles. The van der Waals surface area contributed by atoms with E-state index in [0.717, 1.165) is 25.9 Å². The van der Waals surface area contributed by atoms with Gasteiger partial charge in [0.05, 0.1) is 0 Å². The molecule has 0 aromatic rings. The van der Waals surface area contributed by atoms with Crippen molar-refractivity contribution < 1.29 is 37.5 Å². The van der Waals surface area contributed by atoms with Crippen LogP contribution in [0.2, 0.25) is 0 Å². The number of carbonyl (C=O) groups is 1. The molecule has 0 aliphatic carbocycles. The van der Waals surface area contributed by atoms with Crippen LogP contribution in [0.25, 0.3) is 5.32 Å². The van der Waals surface area contributed by atoms with E-state index in [9.17, 15) is 4.79 Å². The summed E-state index contributed by atoms with van der Waals surface area (Å²) in [6.45, 7) is 5.76. The maximum absolute atomic E-state index is 12.0. The third-order valence-corrected chi connectivity index (χ3v) is 3.18. The number of carbonyl (C=O) groups excluding carboxylic acids is 1. The van der Waals surface area contributed by atoms with Crippen LogP contribution in [-0.2, 0) is 32.7 Å². The summed E-state index contributed by atoms with van der Waals surface area (Å²) in [5.41, 5.74) is 0. The SMILES string of the molecule is C[N-]C1CCN(C(=O)N(C)C(C)C)CC1.[Y]. The average molecular weight is 301 g/mol. The quantitative estimate of drug-likeness (QED) is 0.768. The predicted molar refractivity (Wildman–Crippen MR) is 62.2 cm³/mol. The molecule has 0 bridgehead atoms. The van der Waals surface area contributed by atoms with Gasteiger partial charge in [-0.1, -0.05) is 12.8 Å².